The highest BCUT2D eigenvalue weighted by Gasteiger charge is 2.33. The lowest BCUT2D eigenvalue weighted by atomic mass is 10.1. The van der Waals surface area contributed by atoms with Crippen molar-refractivity contribution in [2.75, 3.05) is 33.2 Å². The van der Waals surface area contributed by atoms with E-state index >= 15 is 0 Å². The van der Waals surface area contributed by atoms with Crippen LogP contribution in [0.5, 0.6) is 0 Å². The maximum Gasteiger partial charge on any atom is 0.326 e. The van der Waals surface area contributed by atoms with Gasteiger partial charge < -0.3 is 15.1 Å². The molecule has 2 unspecified atom stereocenters. The molecule has 0 spiro atoms. The fraction of sp³-hybridized carbons (Fsp3) is 0.786. The molecule has 0 aromatic heterocycles. The zero-order valence-corrected chi connectivity index (χ0v) is 14.2. The van der Waals surface area contributed by atoms with Crippen LogP contribution in [0.2, 0.25) is 0 Å². The van der Waals surface area contributed by atoms with Crippen LogP contribution in [0.15, 0.2) is 0 Å². The number of hydrogen-bond acceptors (Lipinski definition) is 4. The maximum atomic E-state index is 12.3. The fourth-order valence-electron chi connectivity index (χ4n) is 2.83. The standard InChI is InChI=1S/C14H24N4O3.ClH/c1-10-11(2)17(8-6-15-10)12(19)5-4-7-18-13(20)9-16(3)14(18)21;/h10-11,15H,4-9H2,1-3H3;1H. The molecule has 2 atom stereocenters. The van der Waals surface area contributed by atoms with E-state index in [4.69, 9.17) is 0 Å². The number of hydrogen-bond donors (Lipinski definition) is 1. The Balaban J connectivity index is 0.00000242. The number of carbonyl (C=O) groups is 3. The van der Waals surface area contributed by atoms with Crippen molar-refractivity contribution in [2.45, 2.75) is 38.8 Å². The minimum atomic E-state index is -0.267. The van der Waals surface area contributed by atoms with Crippen LogP contribution >= 0.6 is 12.4 Å². The van der Waals surface area contributed by atoms with Gasteiger partial charge in [-0.2, -0.15) is 0 Å². The first kappa shape index (κ1) is 18.7. The van der Waals surface area contributed by atoms with Crippen molar-refractivity contribution in [3.8, 4) is 0 Å². The summed E-state index contributed by atoms with van der Waals surface area (Å²) >= 11 is 0. The molecule has 1 N–H and O–H groups in total. The first-order valence-corrected chi connectivity index (χ1v) is 7.50. The molecule has 0 radical (unpaired) electrons. The number of carbonyl (C=O) groups excluding carboxylic acids is 3. The molecule has 0 aromatic carbocycles. The van der Waals surface area contributed by atoms with E-state index in [1.807, 2.05) is 11.8 Å². The monoisotopic (exact) mass is 332 g/mol. The number of imide groups is 1. The highest BCUT2D eigenvalue weighted by molar-refractivity contribution is 6.01. The Bertz CT molecular complexity index is 446. The lowest BCUT2D eigenvalue weighted by Gasteiger charge is -2.38. The first-order valence-electron chi connectivity index (χ1n) is 7.50. The molecule has 2 rings (SSSR count). The normalized spacial score (nSPS) is 25.5. The average Bonchev–Trinajstić information content (AvgIpc) is 2.68. The maximum absolute atomic E-state index is 12.3. The molecule has 2 aliphatic rings. The van der Waals surface area contributed by atoms with E-state index in [9.17, 15) is 14.4 Å². The number of nitrogens with one attached hydrogen (secondary N) is 1. The van der Waals surface area contributed by atoms with Crippen LogP contribution in [0.4, 0.5) is 4.79 Å². The average molecular weight is 333 g/mol. The van der Waals surface area contributed by atoms with Crippen molar-refractivity contribution < 1.29 is 14.4 Å². The Labute approximate surface area is 137 Å². The predicted molar refractivity (Wildman–Crippen MR) is 84.9 cm³/mol. The second-order valence-corrected chi connectivity index (χ2v) is 5.86. The summed E-state index contributed by atoms with van der Waals surface area (Å²) in [5, 5.41) is 3.34. The number of likely N-dealkylation sites (N-methyl/N-ethyl adjacent to an activating group) is 1. The topological polar surface area (TPSA) is 73.0 Å². The number of nitrogens with zero attached hydrogens (tertiary/aromatic N) is 3. The number of rotatable bonds is 4. The van der Waals surface area contributed by atoms with Gasteiger partial charge in [-0.15, -0.1) is 12.4 Å². The van der Waals surface area contributed by atoms with E-state index in [0.717, 1.165) is 6.54 Å². The molecule has 2 aliphatic heterocycles. The Morgan fingerprint density at radius 3 is 2.59 bits per heavy atom. The lowest BCUT2D eigenvalue weighted by molar-refractivity contribution is -0.135. The number of amides is 4. The second kappa shape index (κ2) is 7.78. The van der Waals surface area contributed by atoms with Crippen molar-refractivity contribution in [3.05, 3.63) is 0 Å². The highest BCUT2D eigenvalue weighted by atomic mass is 35.5. The van der Waals surface area contributed by atoms with Crippen molar-refractivity contribution in [2.24, 2.45) is 0 Å². The Hall–Kier alpha value is -1.34. The molecule has 0 aromatic rings. The van der Waals surface area contributed by atoms with Crippen molar-refractivity contribution in [1.82, 2.24) is 20.0 Å². The molecule has 7 nitrogen and oxygen atoms in total. The third kappa shape index (κ3) is 3.89. The van der Waals surface area contributed by atoms with Crippen LogP contribution < -0.4 is 5.32 Å². The van der Waals surface area contributed by atoms with Crippen LogP contribution in [-0.4, -0.2) is 77.9 Å². The van der Waals surface area contributed by atoms with Crippen molar-refractivity contribution >= 4 is 30.3 Å². The highest BCUT2D eigenvalue weighted by Crippen LogP contribution is 2.13. The number of halogens is 1. The molecule has 0 saturated carbocycles. The Morgan fingerprint density at radius 1 is 1.32 bits per heavy atom. The summed E-state index contributed by atoms with van der Waals surface area (Å²) in [5.74, 6) is -0.0811. The molecule has 0 aliphatic carbocycles. The van der Waals surface area contributed by atoms with Gasteiger partial charge in [0.1, 0.15) is 6.54 Å². The number of urea groups is 1. The van der Waals surface area contributed by atoms with Crippen LogP contribution in [0.1, 0.15) is 26.7 Å². The van der Waals surface area contributed by atoms with Gasteiger partial charge in [-0.05, 0) is 20.3 Å². The van der Waals surface area contributed by atoms with Crippen molar-refractivity contribution in [3.63, 3.8) is 0 Å². The first-order chi connectivity index (χ1) is 9.91. The molecule has 2 fully saturated rings. The zero-order valence-electron chi connectivity index (χ0n) is 13.4. The number of piperazine rings is 1. The summed E-state index contributed by atoms with van der Waals surface area (Å²) in [4.78, 5) is 40.1. The molecular formula is C14H25ClN4O3. The van der Waals surface area contributed by atoms with E-state index in [1.165, 1.54) is 9.80 Å². The minimum Gasteiger partial charge on any atom is -0.337 e. The summed E-state index contributed by atoms with van der Waals surface area (Å²) in [5.41, 5.74) is 0. The van der Waals surface area contributed by atoms with Crippen molar-refractivity contribution in [1.29, 1.82) is 0 Å². The third-order valence-corrected chi connectivity index (χ3v) is 4.36. The largest absolute Gasteiger partial charge is 0.337 e. The molecule has 8 heteroatoms. The Kier molecular flexibility index (Phi) is 6.62. The van der Waals surface area contributed by atoms with E-state index in [0.29, 0.717) is 25.9 Å². The predicted octanol–water partition coefficient (Wildman–Crippen LogP) is 0.291. The van der Waals surface area contributed by atoms with Crippen LogP contribution in [-0.2, 0) is 9.59 Å². The molecule has 126 valence electrons. The Morgan fingerprint density at radius 2 is 2.00 bits per heavy atom. The van der Waals surface area contributed by atoms with E-state index in [2.05, 4.69) is 12.2 Å². The van der Waals surface area contributed by atoms with Gasteiger partial charge in [-0.3, -0.25) is 14.5 Å². The van der Waals surface area contributed by atoms with Crippen LogP contribution in [0, 0.1) is 0 Å². The second-order valence-electron chi connectivity index (χ2n) is 5.86. The molecule has 2 heterocycles. The molecule has 4 amide bonds. The summed E-state index contributed by atoms with van der Waals surface area (Å²) < 4.78 is 0. The summed E-state index contributed by atoms with van der Waals surface area (Å²) in [7, 11) is 1.61. The van der Waals surface area contributed by atoms with Gasteiger partial charge in [0.15, 0.2) is 0 Å². The van der Waals surface area contributed by atoms with Gasteiger partial charge in [-0.1, -0.05) is 0 Å². The molecule has 2 saturated heterocycles. The van der Waals surface area contributed by atoms with Gasteiger partial charge in [0.2, 0.25) is 11.8 Å². The van der Waals surface area contributed by atoms with Gasteiger partial charge in [-0.25, -0.2) is 4.79 Å². The van der Waals surface area contributed by atoms with E-state index in [1.54, 1.807) is 7.05 Å². The minimum absolute atomic E-state index is 0. The third-order valence-electron chi connectivity index (χ3n) is 4.36. The van der Waals surface area contributed by atoms with E-state index < -0.39 is 0 Å². The quantitative estimate of drug-likeness (QED) is 0.751. The van der Waals surface area contributed by atoms with Gasteiger partial charge >= 0.3 is 6.03 Å². The molecule has 22 heavy (non-hydrogen) atoms. The zero-order chi connectivity index (χ0) is 15.6. The SMILES string of the molecule is CC1NCCN(C(=O)CCCN2C(=O)CN(C)C2=O)C1C.Cl. The van der Waals surface area contributed by atoms with Gasteiger partial charge in [0.25, 0.3) is 0 Å². The lowest BCUT2D eigenvalue weighted by Crippen LogP contribution is -2.57. The van der Waals surface area contributed by atoms with Crippen LogP contribution in [0.25, 0.3) is 0 Å². The summed E-state index contributed by atoms with van der Waals surface area (Å²) in [6.07, 6.45) is 0.896. The van der Waals surface area contributed by atoms with Crippen LogP contribution in [0.3, 0.4) is 0 Å². The van der Waals surface area contributed by atoms with E-state index in [-0.39, 0.29) is 48.9 Å². The van der Waals surface area contributed by atoms with Gasteiger partial charge in [0, 0.05) is 45.2 Å². The van der Waals surface area contributed by atoms with Gasteiger partial charge in [0.05, 0.1) is 0 Å². The molecular weight excluding hydrogens is 308 g/mol. The molecule has 0 bridgehead atoms. The summed E-state index contributed by atoms with van der Waals surface area (Å²) in [6.45, 7) is 6.10. The smallest absolute Gasteiger partial charge is 0.326 e. The summed E-state index contributed by atoms with van der Waals surface area (Å²) in [6, 6.07) is 0.196. The fourth-order valence-corrected chi connectivity index (χ4v) is 2.83.